The highest BCUT2D eigenvalue weighted by atomic mass is 19.4. The number of aromatic nitrogens is 3. The van der Waals surface area contributed by atoms with Gasteiger partial charge in [-0.1, -0.05) is 18.2 Å². The molecular weight excluding hydrogens is 535 g/mol. The Kier molecular flexibility index (Phi) is 7.82. The van der Waals surface area contributed by atoms with Gasteiger partial charge in [-0.3, -0.25) is 24.2 Å². The number of rotatable bonds is 9. The number of amides is 2. The Morgan fingerprint density at radius 1 is 1.12 bits per heavy atom. The van der Waals surface area contributed by atoms with Crippen molar-refractivity contribution in [1.29, 1.82) is 5.26 Å². The van der Waals surface area contributed by atoms with Gasteiger partial charge in [-0.25, -0.2) is 0 Å². The molecule has 2 fully saturated rings. The van der Waals surface area contributed by atoms with Crippen molar-refractivity contribution < 1.29 is 22.8 Å². The van der Waals surface area contributed by atoms with Gasteiger partial charge in [0.2, 0.25) is 5.91 Å². The third-order valence-electron chi connectivity index (χ3n) is 7.83. The molecule has 3 heterocycles. The molecule has 1 saturated carbocycles. The quantitative estimate of drug-likeness (QED) is 0.387. The van der Waals surface area contributed by atoms with Gasteiger partial charge in [0.1, 0.15) is 5.56 Å². The van der Waals surface area contributed by atoms with E-state index >= 15 is 0 Å². The van der Waals surface area contributed by atoms with E-state index in [1.54, 1.807) is 16.9 Å². The fourth-order valence-electron chi connectivity index (χ4n) is 5.20. The number of nitriles is 1. The Labute approximate surface area is 235 Å². The molecule has 3 N–H and O–H groups in total. The van der Waals surface area contributed by atoms with Crippen LogP contribution >= 0.6 is 0 Å². The van der Waals surface area contributed by atoms with E-state index < -0.39 is 23.2 Å². The van der Waals surface area contributed by atoms with Crippen LogP contribution in [0.25, 0.3) is 11.3 Å². The molecule has 2 aliphatic rings. The molecule has 0 radical (unpaired) electrons. The van der Waals surface area contributed by atoms with Gasteiger partial charge in [0.25, 0.3) is 5.91 Å². The summed E-state index contributed by atoms with van der Waals surface area (Å²) < 4.78 is 40.2. The zero-order valence-electron chi connectivity index (χ0n) is 22.3. The van der Waals surface area contributed by atoms with Crippen LogP contribution in [0.1, 0.15) is 60.0 Å². The molecule has 1 aliphatic carbocycles. The van der Waals surface area contributed by atoms with E-state index in [-0.39, 0.29) is 23.7 Å². The number of likely N-dealkylation sites (tertiary alicyclic amines) is 1. The van der Waals surface area contributed by atoms with Gasteiger partial charge in [-0.2, -0.15) is 23.5 Å². The first kappa shape index (κ1) is 28.3. The van der Waals surface area contributed by atoms with Crippen LogP contribution < -0.4 is 11.1 Å². The highest BCUT2D eigenvalue weighted by Gasteiger charge is 2.38. The Balaban J connectivity index is 1.24. The number of hydrogen-bond acceptors (Lipinski definition) is 6. The largest absolute Gasteiger partial charge is 0.416 e. The average molecular weight is 566 g/mol. The third kappa shape index (κ3) is 6.57. The lowest BCUT2D eigenvalue weighted by atomic mass is 9.84. The van der Waals surface area contributed by atoms with Crippen LogP contribution in [0.5, 0.6) is 0 Å². The minimum Gasteiger partial charge on any atom is -0.365 e. The number of nitrogens with two attached hydrogens (primary N) is 1. The Hall–Kier alpha value is -4.24. The van der Waals surface area contributed by atoms with Crippen molar-refractivity contribution in [2.45, 2.75) is 56.8 Å². The maximum absolute atomic E-state index is 12.8. The number of benzene rings is 1. The fraction of sp³-hybridized carbons (Fsp3) is 0.414. The molecule has 0 spiro atoms. The number of carbonyl (C=O) groups excluding carboxylic acids is 2. The number of nitrogens with one attached hydrogen (secondary N) is 1. The molecule has 1 saturated heterocycles. The highest BCUT2D eigenvalue weighted by Crippen LogP contribution is 2.36. The predicted octanol–water partition coefficient (Wildman–Crippen LogP) is 4.71. The van der Waals surface area contributed by atoms with Gasteiger partial charge in [-0.05, 0) is 55.4 Å². The van der Waals surface area contributed by atoms with Crippen molar-refractivity contribution >= 4 is 17.6 Å². The van der Waals surface area contributed by atoms with Crippen molar-refractivity contribution in [2.24, 2.45) is 11.7 Å². The summed E-state index contributed by atoms with van der Waals surface area (Å²) in [6.45, 7) is 1.91. The number of hydrogen-bond donors (Lipinski definition) is 2. The number of carbonyl (C=O) groups is 2. The average Bonchev–Trinajstić information content (AvgIpc) is 3.65. The summed E-state index contributed by atoms with van der Waals surface area (Å²) in [5, 5.41) is 16.9. The van der Waals surface area contributed by atoms with Crippen LogP contribution in [0.4, 0.5) is 19.0 Å². The SMILES string of the molecule is N#CCC1(n2cc(C(N)=O)c(NC(=O)CC3CC3)n2)CCN(Cc2ccc(-c3ccc(C(F)(F)F)cc3)nc2)CC1. The molecule has 0 atom stereocenters. The van der Waals surface area contributed by atoms with Crippen molar-refractivity contribution in [1.82, 2.24) is 19.7 Å². The number of primary amides is 1. The molecule has 214 valence electrons. The number of halogens is 3. The predicted molar refractivity (Wildman–Crippen MR) is 144 cm³/mol. The van der Waals surface area contributed by atoms with E-state index in [0.29, 0.717) is 56.1 Å². The summed E-state index contributed by atoms with van der Waals surface area (Å²) >= 11 is 0. The van der Waals surface area contributed by atoms with Gasteiger partial charge in [0.05, 0.1) is 29.3 Å². The van der Waals surface area contributed by atoms with Gasteiger partial charge in [-0.15, -0.1) is 0 Å². The number of pyridine rings is 1. The first-order valence-corrected chi connectivity index (χ1v) is 13.5. The Morgan fingerprint density at radius 2 is 1.83 bits per heavy atom. The van der Waals surface area contributed by atoms with Gasteiger partial charge in [0.15, 0.2) is 5.82 Å². The molecule has 0 bridgehead atoms. The summed E-state index contributed by atoms with van der Waals surface area (Å²) in [7, 11) is 0. The number of nitrogens with zero attached hydrogens (tertiary/aromatic N) is 5. The normalized spacial score (nSPS) is 17.1. The second-order valence-corrected chi connectivity index (χ2v) is 10.9. The molecule has 1 aromatic carbocycles. The van der Waals surface area contributed by atoms with Crippen molar-refractivity contribution in [3.05, 3.63) is 65.5 Å². The molecule has 5 rings (SSSR count). The molecular formula is C29H30F3N7O2. The van der Waals surface area contributed by atoms with Crippen molar-refractivity contribution in [3.8, 4) is 17.3 Å². The molecule has 41 heavy (non-hydrogen) atoms. The van der Waals surface area contributed by atoms with Crippen LogP contribution in [0.15, 0.2) is 48.8 Å². The maximum atomic E-state index is 12.8. The van der Waals surface area contributed by atoms with Crippen LogP contribution in [-0.4, -0.2) is 44.6 Å². The summed E-state index contributed by atoms with van der Waals surface area (Å²) in [6.07, 6.45) is 2.64. The van der Waals surface area contributed by atoms with E-state index in [1.807, 2.05) is 6.07 Å². The molecule has 3 aromatic rings. The first-order chi connectivity index (χ1) is 19.6. The lowest BCUT2D eigenvalue weighted by Gasteiger charge is -2.40. The van der Waals surface area contributed by atoms with E-state index in [1.165, 1.54) is 18.3 Å². The van der Waals surface area contributed by atoms with Gasteiger partial charge in [0, 0.05) is 44.0 Å². The molecule has 2 aromatic heterocycles. The molecule has 2 amide bonds. The van der Waals surface area contributed by atoms with E-state index in [0.717, 1.165) is 30.5 Å². The first-order valence-electron chi connectivity index (χ1n) is 13.5. The van der Waals surface area contributed by atoms with Gasteiger partial charge >= 0.3 is 6.18 Å². The number of piperidine rings is 1. The van der Waals surface area contributed by atoms with Crippen LogP contribution in [0.3, 0.4) is 0 Å². The summed E-state index contributed by atoms with van der Waals surface area (Å²) in [6, 6.07) is 10.9. The van der Waals surface area contributed by atoms with E-state index in [9.17, 15) is 28.0 Å². The van der Waals surface area contributed by atoms with E-state index in [4.69, 9.17) is 5.73 Å². The van der Waals surface area contributed by atoms with Crippen molar-refractivity contribution in [2.75, 3.05) is 18.4 Å². The second kappa shape index (κ2) is 11.3. The number of anilines is 1. The second-order valence-electron chi connectivity index (χ2n) is 10.9. The fourth-order valence-corrected chi connectivity index (χ4v) is 5.20. The zero-order chi connectivity index (χ0) is 29.2. The molecule has 12 heteroatoms. The molecule has 0 unspecified atom stereocenters. The lowest BCUT2D eigenvalue weighted by Crippen LogP contribution is -2.46. The third-order valence-corrected chi connectivity index (χ3v) is 7.83. The van der Waals surface area contributed by atoms with E-state index in [2.05, 4.69) is 26.4 Å². The minimum absolute atomic E-state index is 0.119. The Morgan fingerprint density at radius 3 is 2.39 bits per heavy atom. The minimum atomic E-state index is -4.38. The van der Waals surface area contributed by atoms with Crippen LogP contribution in [-0.2, 0) is 23.1 Å². The highest BCUT2D eigenvalue weighted by molar-refractivity contribution is 6.01. The Bertz CT molecular complexity index is 1450. The monoisotopic (exact) mass is 565 g/mol. The summed E-state index contributed by atoms with van der Waals surface area (Å²) in [4.78, 5) is 31.2. The van der Waals surface area contributed by atoms with Gasteiger partial charge < -0.3 is 11.1 Å². The standard InChI is InChI=1S/C29H30F3N7O2/c30-29(31,32)22-6-4-21(5-7-22)24-8-3-20(16-35-24)17-38-13-10-28(9-12-33,11-14-38)39-18-23(26(34)41)27(37-39)36-25(40)15-19-1-2-19/h3-8,16,18-19H,1-2,9-11,13-15,17H2,(H2,34,41)(H,36,37,40). The summed E-state index contributed by atoms with van der Waals surface area (Å²) in [5.74, 6) is -0.404. The topological polar surface area (TPSA) is 130 Å². The van der Waals surface area contributed by atoms with Crippen LogP contribution in [0.2, 0.25) is 0 Å². The lowest BCUT2D eigenvalue weighted by molar-refractivity contribution is -0.137. The summed E-state index contributed by atoms with van der Waals surface area (Å²) in [5.41, 5.74) is 6.47. The molecule has 1 aliphatic heterocycles. The smallest absolute Gasteiger partial charge is 0.365 e. The zero-order valence-corrected chi connectivity index (χ0v) is 22.3. The molecule has 9 nitrogen and oxygen atoms in total. The van der Waals surface area contributed by atoms with Crippen LogP contribution in [0, 0.1) is 17.2 Å². The number of alkyl halides is 3. The van der Waals surface area contributed by atoms with Crippen molar-refractivity contribution in [3.63, 3.8) is 0 Å². The maximum Gasteiger partial charge on any atom is 0.416 e.